The number of Topliss-reactive ketones (excluding diaryl/α,β-unsaturated/α-hetero) is 1. The van der Waals surface area contributed by atoms with Crippen LogP contribution in [0.5, 0.6) is 0 Å². The summed E-state index contributed by atoms with van der Waals surface area (Å²) >= 11 is 1.20. The lowest BCUT2D eigenvalue weighted by Crippen LogP contribution is -2.23. The maximum absolute atomic E-state index is 12.0. The Labute approximate surface area is 107 Å². The van der Waals surface area contributed by atoms with Crippen LogP contribution in [0.15, 0.2) is 0 Å². The van der Waals surface area contributed by atoms with Crippen molar-refractivity contribution in [3.63, 3.8) is 0 Å². The molecule has 0 radical (unpaired) electrons. The van der Waals surface area contributed by atoms with Gasteiger partial charge in [0.2, 0.25) is 0 Å². The van der Waals surface area contributed by atoms with E-state index in [4.69, 9.17) is 4.74 Å². The fourth-order valence-corrected chi connectivity index (χ4v) is 2.12. The van der Waals surface area contributed by atoms with E-state index < -0.39 is 0 Å². The molecule has 0 aliphatic heterocycles. The Morgan fingerprint density at radius 2 is 2.18 bits per heavy atom. The normalized spacial score (nSPS) is 11.8. The van der Waals surface area contributed by atoms with Gasteiger partial charge in [-0.1, -0.05) is 17.8 Å². The lowest BCUT2D eigenvalue weighted by molar-refractivity contribution is 0.0142. The maximum atomic E-state index is 12.0. The molecule has 0 amide bonds. The van der Waals surface area contributed by atoms with Gasteiger partial charge in [-0.25, -0.2) is 0 Å². The van der Waals surface area contributed by atoms with Crippen LogP contribution in [0.1, 0.15) is 55.4 Å². The van der Waals surface area contributed by atoms with E-state index in [1.807, 2.05) is 13.8 Å². The van der Waals surface area contributed by atoms with Gasteiger partial charge in [-0.05, 0) is 38.2 Å². The van der Waals surface area contributed by atoms with Gasteiger partial charge >= 0.3 is 0 Å². The van der Waals surface area contributed by atoms with Crippen LogP contribution in [0, 0.1) is 0 Å². The first-order valence-corrected chi connectivity index (χ1v) is 6.67. The molecule has 0 spiro atoms. The summed E-state index contributed by atoms with van der Waals surface area (Å²) in [5, 5.41) is 4.01. The van der Waals surface area contributed by atoms with Crippen molar-refractivity contribution in [3.8, 4) is 0 Å². The lowest BCUT2D eigenvalue weighted by atomic mass is 9.99. The monoisotopic (exact) mass is 256 g/mol. The Hall–Kier alpha value is -0.810. The predicted molar refractivity (Wildman–Crippen MR) is 68.6 cm³/mol. The highest BCUT2D eigenvalue weighted by Crippen LogP contribution is 2.20. The van der Waals surface area contributed by atoms with Crippen LogP contribution in [0.3, 0.4) is 0 Å². The zero-order valence-electron chi connectivity index (χ0n) is 10.9. The van der Waals surface area contributed by atoms with Gasteiger partial charge in [0.25, 0.3) is 0 Å². The highest BCUT2D eigenvalue weighted by Gasteiger charge is 2.21. The fraction of sp³-hybridized carbons (Fsp3) is 0.750. The molecule has 0 aliphatic rings. The van der Waals surface area contributed by atoms with Crippen LogP contribution < -0.4 is 0 Å². The Bertz CT molecular complexity index is 374. The summed E-state index contributed by atoms with van der Waals surface area (Å²) < 4.78 is 9.17. The smallest absolute Gasteiger partial charge is 0.176 e. The van der Waals surface area contributed by atoms with Crippen LogP contribution >= 0.6 is 11.5 Å². The Balaban J connectivity index is 2.61. The molecule has 1 aromatic rings. The van der Waals surface area contributed by atoms with Crippen molar-refractivity contribution >= 4 is 17.3 Å². The maximum Gasteiger partial charge on any atom is 0.176 e. The molecule has 0 saturated heterocycles. The number of carbonyl (C=O) groups excluding carboxylic acids is 1. The number of aryl methyl sites for hydroxylation is 1. The fourth-order valence-electron chi connectivity index (χ4n) is 1.45. The largest absolute Gasteiger partial charge is 0.379 e. The zero-order chi connectivity index (χ0) is 12.9. The number of rotatable bonds is 7. The number of nitrogens with zero attached hydrogens (tertiary/aromatic N) is 2. The third-order valence-electron chi connectivity index (χ3n) is 2.80. The van der Waals surface area contributed by atoms with Gasteiger partial charge in [0, 0.05) is 13.5 Å². The van der Waals surface area contributed by atoms with E-state index in [0.717, 1.165) is 23.4 Å². The highest BCUT2D eigenvalue weighted by molar-refractivity contribution is 7.08. The van der Waals surface area contributed by atoms with Crippen molar-refractivity contribution in [2.45, 2.75) is 52.1 Å². The molecular weight excluding hydrogens is 236 g/mol. The van der Waals surface area contributed by atoms with Crippen molar-refractivity contribution < 1.29 is 9.53 Å². The molecule has 4 nitrogen and oxygen atoms in total. The van der Waals surface area contributed by atoms with E-state index in [1.165, 1.54) is 11.5 Å². The summed E-state index contributed by atoms with van der Waals surface area (Å²) in [5.74, 6) is 0.133. The van der Waals surface area contributed by atoms with Crippen LogP contribution in [0.25, 0.3) is 0 Å². The van der Waals surface area contributed by atoms with E-state index in [-0.39, 0.29) is 11.4 Å². The zero-order valence-corrected chi connectivity index (χ0v) is 11.8. The number of aromatic nitrogens is 2. The molecule has 0 aliphatic carbocycles. The number of ether oxygens (including phenoxy) is 1. The summed E-state index contributed by atoms with van der Waals surface area (Å²) in [4.78, 5) is 12.8. The van der Waals surface area contributed by atoms with Gasteiger partial charge < -0.3 is 4.74 Å². The molecule has 0 fully saturated rings. The SMILES string of the molecule is CCCc1nnsc1C(=O)CCC(C)(C)OC. The molecule has 5 heteroatoms. The molecule has 0 aromatic carbocycles. The third kappa shape index (κ3) is 4.16. The first kappa shape index (κ1) is 14.3. The predicted octanol–water partition coefficient (Wildman–Crippen LogP) is 2.88. The Morgan fingerprint density at radius 3 is 2.76 bits per heavy atom. The molecule has 0 saturated carbocycles. The molecule has 1 heterocycles. The van der Waals surface area contributed by atoms with E-state index in [1.54, 1.807) is 7.11 Å². The summed E-state index contributed by atoms with van der Waals surface area (Å²) in [6.45, 7) is 6.04. The second-order valence-corrected chi connectivity index (χ2v) is 5.44. The van der Waals surface area contributed by atoms with Gasteiger partial charge in [-0.3, -0.25) is 4.79 Å². The van der Waals surface area contributed by atoms with E-state index >= 15 is 0 Å². The average molecular weight is 256 g/mol. The summed E-state index contributed by atoms with van der Waals surface area (Å²) in [5.41, 5.74) is 0.594. The van der Waals surface area contributed by atoms with Gasteiger partial charge in [-0.15, -0.1) is 5.10 Å². The van der Waals surface area contributed by atoms with Crippen molar-refractivity contribution in [3.05, 3.63) is 10.6 Å². The number of ketones is 1. The van der Waals surface area contributed by atoms with Gasteiger partial charge in [0.15, 0.2) is 5.78 Å². The summed E-state index contributed by atoms with van der Waals surface area (Å²) in [7, 11) is 1.67. The van der Waals surface area contributed by atoms with Crippen LogP contribution in [0.4, 0.5) is 0 Å². The molecule has 1 rings (SSSR count). The minimum Gasteiger partial charge on any atom is -0.379 e. The van der Waals surface area contributed by atoms with Gasteiger partial charge in [0.1, 0.15) is 4.88 Å². The Morgan fingerprint density at radius 1 is 1.47 bits per heavy atom. The topological polar surface area (TPSA) is 52.1 Å². The minimum absolute atomic E-state index is 0.133. The molecule has 0 N–H and O–H groups in total. The number of methoxy groups -OCH3 is 1. The summed E-state index contributed by atoms with van der Waals surface area (Å²) in [6, 6.07) is 0. The van der Waals surface area contributed by atoms with E-state index in [9.17, 15) is 4.79 Å². The van der Waals surface area contributed by atoms with Crippen LogP contribution in [0.2, 0.25) is 0 Å². The van der Waals surface area contributed by atoms with Gasteiger partial charge in [-0.2, -0.15) is 0 Å². The van der Waals surface area contributed by atoms with Crippen LogP contribution in [-0.4, -0.2) is 28.1 Å². The molecule has 0 unspecified atom stereocenters. The number of hydrogen-bond donors (Lipinski definition) is 0. The second-order valence-electron chi connectivity index (χ2n) is 4.69. The molecule has 96 valence electrons. The van der Waals surface area contributed by atoms with E-state index in [2.05, 4.69) is 16.5 Å². The molecule has 0 bridgehead atoms. The number of hydrogen-bond acceptors (Lipinski definition) is 5. The van der Waals surface area contributed by atoms with Crippen molar-refractivity contribution in [1.29, 1.82) is 0 Å². The second kappa shape index (κ2) is 6.21. The van der Waals surface area contributed by atoms with Gasteiger partial charge in [0.05, 0.1) is 11.3 Å². The lowest BCUT2D eigenvalue weighted by Gasteiger charge is -2.21. The quantitative estimate of drug-likeness (QED) is 0.704. The minimum atomic E-state index is -0.251. The standard InChI is InChI=1S/C12H20N2O2S/c1-5-6-9-11(17-14-13-9)10(15)7-8-12(2,3)16-4/h5-8H2,1-4H3. The first-order chi connectivity index (χ1) is 8.00. The molecule has 0 atom stereocenters. The van der Waals surface area contributed by atoms with Crippen molar-refractivity contribution in [2.75, 3.05) is 7.11 Å². The van der Waals surface area contributed by atoms with Crippen molar-refractivity contribution in [2.24, 2.45) is 0 Å². The molecular formula is C12H20N2O2S. The average Bonchev–Trinajstić information content (AvgIpc) is 2.75. The van der Waals surface area contributed by atoms with E-state index in [0.29, 0.717) is 12.8 Å². The van der Waals surface area contributed by atoms with Crippen LogP contribution in [-0.2, 0) is 11.2 Å². The molecule has 17 heavy (non-hydrogen) atoms. The first-order valence-electron chi connectivity index (χ1n) is 5.89. The van der Waals surface area contributed by atoms with Crippen molar-refractivity contribution in [1.82, 2.24) is 9.59 Å². The Kier molecular flexibility index (Phi) is 5.21. The number of carbonyl (C=O) groups is 1. The summed E-state index contributed by atoms with van der Waals surface area (Å²) in [6.07, 6.45) is 3.01. The highest BCUT2D eigenvalue weighted by atomic mass is 32.1. The molecule has 1 aromatic heterocycles. The third-order valence-corrected chi connectivity index (χ3v) is 3.61.